The van der Waals surface area contributed by atoms with Gasteiger partial charge in [0.25, 0.3) is 5.91 Å². The number of aromatic amines is 1. The average molecular weight is 361 g/mol. The lowest BCUT2D eigenvalue weighted by atomic mass is 10.0. The number of carbonyl (C=O) groups is 2. The smallest absolute Gasteiger partial charge is 0.346 e. The molecule has 0 spiro atoms. The quantitative estimate of drug-likeness (QED) is 0.429. The second-order valence-corrected chi connectivity index (χ2v) is 6.35. The molecular weight excluding hydrogens is 346 g/mol. The van der Waals surface area contributed by atoms with Crippen LogP contribution >= 0.6 is 0 Å². The molecule has 2 fully saturated rings. The molecule has 2 atom stereocenters. The van der Waals surface area contributed by atoms with Gasteiger partial charge in [0.15, 0.2) is 0 Å². The van der Waals surface area contributed by atoms with Gasteiger partial charge in [-0.1, -0.05) is 0 Å². The maximum atomic E-state index is 12.2. The van der Waals surface area contributed by atoms with Gasteiger partial charge in [-0.15, -0.1) is 4.28 Å². The van der Waals surface area contributed by atoms with Crippen LogP contribution in [0.3, 0.4) is 0 Å². The number of fused-ring (bicyclic) bond motifs is 2. The van der Waals surface area contributed by atoms with Gasteiger partial charge in [-0.05, 0) is 12.8 Å². The third kappa shape index (κ3) is 3.48. The zero-order valence-electron chi connectivity index (χ0n) is 12.3. The minimum absolute atomic E-state index is 0.0764. The van der Waals surface area contributed by atoms with Gasteiger partial charge in [0.2, 0.25) is 0 Å². The van der Waals surface area contributed by atoms with Crippen LogP contribution in [0.5, 0.6) is 0 Å². The molecule has 2 saturated heterocycles. The summed E-state index contributed by atoms with van der Waals surface area (Å²) in [6.07, 6.45) is 3.65. The molecule has 0 radical (unpaired) electrons. The first-order valence-electron chi connectivity index (χ1n) is 7.01. The molecule has 3 N–H and O–H groups in total. The normalized spacial score (nSPS) is 23.6. The summed E-state index contributed by atoms with van der Waals surface area (Å²) < 4.78 is 34.6. The van der Waals surface area contributed by atoms with Crippen LogP contribution in [0.4, 0.5) is 4.79 Å². The Kier molecular flexibility index (Phi) is 4.40. The Balaban J connectivity index is 1.58. The number of hydrogen-bond donors (Lipinski definition) is 3. The van der Waals surface area contributed by atoms with E-state index in [1.807, 2.05) is 0 Å². The topological polar surface area (TPSA) is 154 Å². The summed E-state index contributed by atoms with van der Waals surface area (Å²) in [6.45, 7) is 0.194. The lowest BCUT2D eigenvalue weighted by Gasteiger charge is -2.28. The van der Waals surface area contributed by atoms with Crippen LogP contribution in [0.2, 0.25) is 0 Å². The first-order valence-corrected chi connectivity index (χ1v) is 8.37. The molecule has 2 aliphatic heterocycles. The van der Waals surface area contributed by atoms with Crippen LogP contribution in [0.15, 0.2) is 12.5 Å². The van der Waals surface area contributed by atoms with Gasteiger partial charge < -0.3 is 9.88 Å². The average Bonchev–Trinajstić information content (AvgIpc) is 3.10. The Morgan fingerprint density at radius 1 is 1.50 bits per heavy atom. The number of nitrogens with zero attached hydrogens (tertiary/aromatic N) is 3. The van der Waals surface area contributed by atoms with E-state index >= 15 is 0 Å². The summed E-state index contributed by atoms with van der Waals surface area (Å²) in [5, 5.41) is 0.577. The van der Waals surface area contributed by atoms with Gasteiger partial charge in [-0.25, -0.2) is 15.3 Å². The van der Waals surface area contributed by atoms with E-state index in [-0.39, 0.29) is 13.2 Å². The van der Waals surface area contributed by atoms with Gasteiger partial charge in [0.1, 0.15) is 12.6 Å². The molecule has 13 heteroatoms. The highest BCUT2D eigenvalue weighted by molar-refractivity contribution is 7.80. The van der Waals surface area contributed by atoms with Crippen LogP contribution < -0.4 is 5.48 Å². The van der Waals surface area contributed by atoms with Crippen LogP contribution in [-0.4, -0.2) is 63.5 Å². The van der Waals surface area contributed by atoms with Gasteiger partial charge in [-0.3, -0.25) is 14.2 Å². The van der Waals surface area contributed by atoms with E-state index < -0.39 is 34.4 Å². The van der Waals surface area contributed by atoms with E-state index in [0.29, 0.717) is 23.6 Å². The van der Waals surface area contributed by atoms with E-state index in [0.717, 1.165) is 0 Å². The van der Waals surface area contributed by atoms with Crippen molar-refractivity contribution in [1.82, 2.24) is 25.4 Å². The van der Waals surface area contributed by atoms with E-state index in [1.54, 1.807) is 0 Å². The Hall–Kier alpha value is -2.22. The van der Waals surface area contributed by atoms with Crippen molar-refractivity contribution in [1.29, 1.82) is 0 Å². The van der Waals surface area contributed by atoms with Crippen molar-refractivity contribution in [2.75, 3.05) is 6.54 Å². The van der Waals surface area contributed by atoms with Crippen molar-refractivity contribution in [3.05, 3.63) is 18.2 Å². The third-order valence-corrected chi connectivity index (χ3v) is 4.10. The molecule has 0 saturated carbocycles. The fraction of sp³-hybridized carbons (Fsp3) is 0.545. The Bertz CT molecular complexity index is 721. The molecular formula is C11H15N5O7S. The molecule has 2 unspecified atom stereocenters. The van der Waals surface area contributed by atoms with Crippen molar-refractivity contribution in [2.24, 2.45) is 0 Å². The maximum absolute atomic E-state index is 12.2. The van der Waals surface area contributed by atoms with E-state index in [2.05, 4.69) is 19.7 Å². The molecule has 12 nitrogen and oxygen atoms in total. The van der Waals surface area contributed by atoms with Crippen molar-refractivity contribution in [2.45, 2.75) is 31.5 Å². The predicted molar refractivity (Wildman–Crippen MR) is 74.9 cm³/mol. The third-order valence-electron chi connectivity index (χ3n) is 3.76. The molecule has 3 heterocycles. The number of hydrogen-bond acceptors (Lipinski definition) is 7. The summed E-state index contributed by atoms with van der Waals surface area (Å²) in [5.41, 5.74) is 2.91. The second kappa shape index (κ2) is 6.35. The number of carbonyl (C=O) groups excluding carboxylic acids is 2. The number of aromatic nitrogens is 2. The lowest BCUT2D eigenvalue weighted by molar-refractivity contribution is -0.140. The fourth-order valence-corrected chi connectivity index (χ4v) is 3.11. The molecule has 0 aliphatic carbocycles. The first-order chi connectivity index (χ1) is 11.3. The maximum Gasteiger partial charge on any atom is 0.418 e. The minimum atomic E-state index is -4.81. The number of piperidine rings is 1. The van der Waals surface area contributed by atoms with Gasteiger partial charge in [0.05, 0.1) is 24.3 Å². The van der Waals surface area contributed by atoms with Crippen molar-refractivity contribution in [3.8, 4) is 0 Å². The monoisotopic (exact) mass is 361 g/mol. The standard InChI is InChI=1S/C11H15N5O7S/c17-10(14-22-5-7-3-12-6-13-7)9-2-1-8-4-15(9)11(18)16(8)23-24(19,20)21/h3,6,8-9H,1-2,4-5H2,(H,12,13)(H,14,17)(H,19,20,21). The second-order valence-electron chi connectivity index (χ2n) is 5.34. The summed E-state index contributed by atoms with van der Waals surface area (Å²) in [6, 6.07) is -2.16. The zero-order chi connectivity index (χ0) is 17.3. The lowest BCUT2D eigenvalue weighted by Crippen LogP contribution is -2.49. The number of rotatable bonds is 6. The van der Waals surface area contributed by atoms with Crippen molar-refractivity contribution < 1.29 is 31.7 Å². The minimum Gasteiger partial charge on any atom is -0.346 e. The van der Waals surface area contributed by atoms with E-state index in [4.69, 9.17) is 9.39 Å². The van der Waals surface area contributed by atoms with E-state index in [9.17, 15) is 18.0 Å². The summed E-state index contributed by atoms with van der Waals surface area (Å²) in [4.78, 5) is 37.1. The largest absolute Gasteiger partial charge is 0.418 e. The van der Waals surface area contributed by atoms with Crippen LogP contribution in [0, 0.1) is 0 Å². The number of amides is 3. The Morgan fingerprint density at radius 2 is 2.29 bits per heavy atom. The van der Waals surface area contributed by atoms with Gasteiger partial charge >= 0.3 is 16.4 Å². The molecule has 2 aliphatic rings. The predicted octanol–water partition coefficient (Wildman–Crippen LogP) is -1.04. The highest BCUT2D eigenvalue weighted by Crippen LogP contribution is 2.30. The molecule has 2 bridgehead atoms. The summed E-state index contributed by atoms with van der Waals surface area (Å²) in [5.74, 6) is -0.532. The molecule has 0 aromatic carbocycles. The van der Waals surface area contributed by atoms with Crippen LogP contribution in [0.25, 0.3) is 0 Å². The van der Waals surface area contributed by atoms with Crippen molar-refractivity contribution >= 4 is 22.3 Å². The number of imidazole rings is 1. The SMILES string of the molecule is O=C(NOCc1cnc[nH]1)C1CCC2CN1C(=O)N2OS(=O)(=O)O. The summed E-state index contributed by atoms with van der Waals surface area (Å²) >= 11 is 0. The summed E-state index contributed by atoms with van der Waals surface area (Å²) in [7, 11) is -4.81. The van der Waals surface area contributed by atoms with Gasteiger partial charge in [-0.2, -0.15) is 13.5 Å². The molecule has 3 rings (SSSR count). The molecule has 24 heavy (non-hydrogen) atoms. The van der Waals surface area contributed by atoms with Crippen LogP contribution in [-0.2, 0) is 30.9 Å². The van der Waals surface area contributed by atoms with Gasteiger partial charge in [0, 0.05) is 6.54 Å². The number of hydroxylamine groups is 3. The number of nitrogens with one attached hydrogen (secondary N) is 2. The number of H-pyrrole nitrogens is 1. The molecule has 3 amide bonds. The molecule has 1 aromatic heterocycles. The molecule has 132 valence electrons. The Labute approximate surface area is 136 Å². The fourth-order valence-electron chi connectivity index (χ4n) is 2.72. The Morgan fingerprint density at radius 3 is 2.96 bits per heavy atom. The highest BCUT2D eigenvalue weighted by atomic mass is 32.3. The van der Waals surface area contributed by atoms with Crippen LogP contribution in [0.1, 0.15) is 18.5 Å². The first kappa shape index (κ1) is 16.6. The highest BCUT2D eigenvalue weighted by Gasteiger charge is 2.49. The number of urea groups is 1. The zero-order valence-corrected chi connectivity index (χ0v) is 13.1. The van der Waals surface area contributed by atoms with Crippen molar-refractivity contribution in [3.63, 3.8) is 0 Å². The molecule has 1 aromatic rings. The van der Waals surface area contributed by atoms with E-state index in [1.165, 1.54) is 17.4 Å².